The van der Waals surface area contributed by atoms with Gasteiger partial charge in [-0.25, -0.2) is 9.59 Å². The number of urea groups is 1. The molecular formula is C14H24N2O3. The van der Waals surface area contributed by atoms with Crippen LogP contribution in [-0.2, 0) is 4.79 Å². The van der Waals surface area contributed by atoms with E-state index in [9.17, 15) is 14.7 Å². The summed E-state index contributed by atoms with van der Waals surface area (Å²) in [6, 6.07) is -0.217. The Bertz CT molecular complexity index is 350. The van der Waals surface area contributed by atoms with Crippen molar-refractivity contribution in [1.29, 1.82) is 0 Å². The van der Waals surface area contributed by atoms with Crippen molar-refractivity contribution in [1.82, 2.24) is 10.2 Å². The second-order valence-electron chi connectivity index (χ2n) is 6.21. The molecule has 0 bridgehead atoms. The lowest BCUT2D eigenvalue weighted by Crippen LogP contribution is -2.56. The van der Waals surface area contributed by atoms with Crippen LogP contribution in [0, 0.1) is 11.8 Å². The first-order chi connectivity index (χ1) is 8.94. The van der Waals surface area contributed by atoms with E-state index in [1.165, 1.54) is 25.7 Å². The minimum absolute atomic E-state index is 0.217. The van der Waals surface area contributed by atoms with Crippen LogP contribution in [0.1, 0.15) is 46.0 Å². The van der Waals surface area contributed by atoms with Gasteiger partial charge in [0.15, 0.2) is 0 Å². The Hall–Kier alpha value is -1.26. The number of carboxylic acid groups (broad SMARTS) is 1. The second-order valence-corrected chi connectivity index (χ2v) is 6.21. The van der Waals surface area contributed by atoms with Gasteiger partial charge in [0, 0.05) is 13.1 Å². The Kier molecular flexibility index (Phi) is 4.02. The molecule has 1 atom stereocenters. The van der Waals surface area contributed by atoms with Gasteiger partial charge in [0.05, 0.1) is 0 Å². The molecule has 2 aliphatic carbocycles. The van der Waals surface area contributed by atoms with Gasteiger partial charge in [-0.3, -0.25) is 0 Å². The summed E-state index contributed by atoms with van der Waals surface area (Å²) in [4.78, 5) is 25.4. The van der Waals surface area contributed by atoms with E-state index in [2.05, 4.69) is 5.32 Å². The highest BCUT2D eigenvalue weighted by molar-refractivity contribution is 5.85. The summed E-state index contributed by atoms with van der Waals surface area (Å²) in [5.41, 5.74) is -1.16. The predicted molar refractivity (Wildman–Crippen MR) is 71.9 cm³/mol. The van der Waals surface area contributed by atoms with Gasteiger partial charge < -0.3 is 15.3 Å². The number of hydrogen-bond acceptors (Lipinski definition) is 2. The fourth-order valence-electron chi connectivity index (χ4n) is 2.07. The van der Waals surface area contributed by atoms with E-state index in [1.54, 1.807) is 13.8 Å². The Morgan fingerprint density at radius 1 is 1.21 bits per heavy atom. The number of carbonyl (C=O) groups is 2. The smallest absolute Gasteiger partial charge is 0.329 e. The molecule has 5 nitrogen and oxygen atoms in total. The Balaban J connectivity index is 1.94. The maximum atomic E-state index is 12.3. The summed E-state index contributed by atoms with van der Waals surface area (Å²) in [5, 5.41) is 11.9. The van der Waals surface area contributed by atoms with Gasteiger partial charge in [-0.1, -0.05) is 6.92 Å². The van der Waals surface area contributed by atoms with Gasteiger partial charge in [-0.15, -0.1) is 0 Å². The van der Waals surface area contributed by atoms with Crippen LogP contribution in [-0.4, -0.2) is 40.6 Å². The van der Waals surface area contributed by atoms with Crippen LogP contribution in [0.5, 0.6) is 0 Å². The van der Waals surface area contributed by atoms with Gasteiger partial charge in [0.1, 0.15) is 5.54 Å². The topological polar surface area (TPSA) is 69.6 Å². The molecule has 0 aromatic carbocycles. The zero-order valence-electron chi connectivity index (χ0n) is 11.8. The lowest BCUT2D eigenvalue weighted by atomic mass is 10.00. The van der Waals surface area contributed by atoms with Crippen LogP contribution >= 0.6 is 0 Å². The molecule has 0 radical (unpaired) electrons. The standard InChI is InChI=1S/C14H24N2O3/c1-3-14(2,12(17)18)15-13(19)16(8-10-4-5-10)9-11-6-7-11/h10-11H,3-9H2,1-2H3,(H,15,19)(H,17,18). The highest BCUT2D eigenvalue weighted by Gasteiger charge is 2.37. The van der Waals surface area contributed by atoms with Gasteiger partial charge in [0.2, 0.25) is 0 Å². The Labute approximate surface area is 114 Å². The number of carboxylic acids is 1. The number of hydrogen-bond donors (Lipinski definition) is 2. The van der Waals surface area contributed by atoms with E-state index >= 15 is 0 Å². The van der Waals surface area contributed by atoms with Crippen molar-refractivity contribution in [2.75, 3.05) is 13.1 Å². The first-order valence-electron chi connectivity index (χ1n) is 7.25. The van der Waals surface area contributed by atoms with Crippen molar-refractivity contribution in [3.8, 4) is 0 Å². The maximum Gasteiger partial charge on any atom is 0.329 e. The van der Waals surface area contributed by atoms with Crippen LogP contribution in [0.25, 0.3) is 0 Å². The summed E-state index contributed by atoms with van der Waals surface area (Å²) in [5.74, 6) is 0.283. The van der Waals surface area contributed by atoms with E-state index < -0.39 is 11.5 Å². The molecule has 2 rings (SSSR count). The van der Waals surface area contributed by atoms with Crippen molar-refractivity contribution < 1.29 is 14.7 Å². The fraction of sp³-hybridized carbons (Fsp3) is 0.857. The number of carbonyl (C=O) groups excluding carboxylic acids is 1. The molecule has 0 aromatic heterocycles. The second kappa shape index (κ2) is 5.39. The summed E-state index contributed by atoms with van der Waals surface area (Å²) >= 11 is 0. The van der Waals surface area contributed by atoms with Gasteiger partial charge >= 0.3 is 12.0 Å². The zero-order chi connectivity index (χ0) is 14.0. The quantitative estimate of drug-likeness (QED) is 0.742. The largest absolute Gasteiger partial charge is 0.480 e. The Morgan fingerprint density at radius 3 is 2.00 bits per heavy atom. The number of nitrogens with one attached hydrogen (secondary N) is 1. The normalized spacial score (nSPS) is 21.6. The molecule has 2 saturated carbocycles. The summed E-state index contributed by atoms with van der Waals surface area (Å²) in [7, 11) is 0. The fourth-order valence-corrected chi connectivity index (χ4v) is 2.07. The molecule has 19 heavy (non-hydrogen) atoms. The molecule has 5 heteroatoms. The first-order valence-corrected chi connectivity index (χ1v) is 7.25. The van der Waals surface area contributed by atoms with E-state index in [1.807, 2.05) is 4.90 Å². The van der Waals surface area contributed by atoms with E-state index in [0.717, 1.165) is 13.1 Å². The lowest BCUT2D eigenvalue weighted by Gasteiger charge is -2.30. The third-order valence-corrected chi connectivity index (χ3v) is 4.20. The van der Waals surface area contributed by atoms with Crippen molar-refractivity contribution >= 4 is 12.0 Å². The monoisotopic (exact) mass is 268 g/mol. The molecule has 0 saturated heterocycles. The average Bonchev–Trinajstić information content (AvgIpc) is 3.22. The zero-order valence-corrected chi connectivity index (χ0v) is 11.8. The van der Waals surface area contributed by atoms with Gasteiger partial charge in [-0.05, 0) is 50.9 Å². The Morgan fingerprint density at radius 2 is 1.68 bits per heavy atom. The first kappa shape index (κ1) is 14.2. The van der Waals surface area contributed by atoms with E-state index in [-0.39, 0.29) is 6.03 Å². The number of aliphatic carboxylic acids is 1. The molecule has 0 spiro atoms. The van der Waals surface area contributed by atoms with Gasteiger partial charge in [-0.2, -0.15) is 0 Å². The van der Waals surface area contributed by atoms with Crippen molar-refractivity contribution in [2.24, 2.45) is 11.8 Å². The van der Waals surface area contributed by atoms with Crippen LogP contribution in [0.15, 0.2) is 0 Å². The summed E-state index contributed by atoms with van der Waals surface area (Å²) in [6.07, 6.45) is 5.16. The molecule has 1 unspecified atom stereocenters. The number of amides is 2. The maximum absolute atomic E-state index is 12.3. The summed E-state index contributed by atoms with van der Waals surface area (Å²) < 4.78 is 0. The van der Waals surface area contributed by atoms with E-state index in [0.29, 0.717) is 18.3 Å². The molecule has 0 aliphatic heterocycles. The average molecular weight is 268 g/mol. The van der Waals surface area contributed by atoms with Crippen LogP contribution in [0.2, 0.25) is 0 Å². The third kappa shape index (κ3) is 3.85. The molecule has 2 N–H and O–H groups in total. The van der Waals surface area contributed by atoms with Gasteiger partial charge in [0.25, 0.3) is 0 Å². The summed E-state index contributed by atoms with van der Waals surface area (Å²) in [6.45, 7) is 4.91. The highest BCUT2D eigenvalue weighted by Crippen LogP contribution is 2.33. The highest BCUT2D eigenvalue weighted by atomic mass is 16.4. The SMILES string of the molecule is CCC(C)(NC(=O)N(CC1CC1)CC1CC1)C(=O)O. The van der Waals surface area contributed by atoms with Crippen LogP contribution in [0.3, 0.4) is 0 Å². The van der Waals surface area contributed by atoms with Crippen LogP contribution < -0.4 is 5.32 Å². The molecule has 2 aliphatic rings. The van der Waals surface area contributed by atoms with Crippen molar-refractivity contribution in [3.05, 3.63) is 0 Å². The minimum atomic E-state index is -1.16. The number of nitrogens with zero attached hydrogens (tertiary/aromatic N) is 1. The van der Waals surface area contributed by atoms with Crippen molar-refractivity contribution in [2.45, 2.75) is 51.5 Å². The molecular weight excluding hydrogens is 244 g/mol. The van der Waals surface area contributed by atoms with E-state index in [4.69, 9.17) is 0 Å². The number of rotatable bonds is 7. The van der Waals surface area contributed by atoms with Crippen molar-refractivity contribution in [3.63, 3.8) is 0 Å². The lowest BCUT2D eigenvalue weighted by molar-refractivity contribution is -0.143. The molecule has 2 amide bonds. The molecule has 108 valence electrons. The third-order valence-electron chi connectivity index (χ3n) is 4.20. The van der Waals surface area contributed by atoms with Crippen LogP contribution in [0.4, 0.5) is 4.79 Å². The minimum Gasteiger partial charge on any atom is -0.480 e. The molecule has 0 aromatic rings. The molecule has 2 fully saturated rings. The molecule has 0 heterocycles. The predicted octanol–water partition coefficient (Wildman–Crippen LogP) is 2.07.